The first-order chi connectivity index (χ1) is 13.6. The summed E-state index contributed by atoms with van der Waals surface area (Å²) in [5.74, 6) is 2.10. The average molecular weight is 395 g/mol. The average Bonchev–Trinajstić information content (AvgIpc) is 3.45. The molecule has 0 saturated carbocycles. The summed E-state index contributed by atoms with van der Waals surface area (Å²) in [5.41, 5.74) is 2.25. The molecule has 3 aliphatic rings. The molecular formula is C20H17N3O4S. The Balaban J connectivity index is 1.41. The number of ether oxygens (including phenoxy) is 2. The molecule has 8 heteroatoms. The number of aromatic nitrogens is 2. The van der Waals surface area contributed by atoms with Crippen LogP contribution in [0.1, 0.15) is 23.2 Å². The van der Waals surface area contributed by atoms with Crippen molar-refractivity contribution in [3.63, 3.8) is 0 Å². The first-order valence-corrected chi connectivity index (χ1v) is 10.6. The maximum absolute atomic E-state index is 13.3. The molecule has 1 saturated heterocycles. The van der Waals surface area contributed by atoms with Crippen molar-refractivity contribution in [1.29, 1.82) is 0 Å². The normalized spacial score (nSPS) is 22.6. The highest BCUT2D eigenvalue weighted by Gasteiger charge is 2.45. The van der Waals surface area contributed by atoms with Crippen LogP contribution in [0.3, 0.4) is 0 Å². The minimum Gasteiger partial charge on any atom is -0.454 e. The molecule has 0 spiro atoms. The van der Waals surface area contributed by atoms with Crippen LogP contribution in [0.25, 0.3) is 5.69 Å². The van der Waals surface area contributed by atoms with Crippen LogP contribution in [0.2, 0.25) is 0 Å². The third-order valence-corrected chi connectivity index (χ3v) is 7.69. The third kappa shape index (κ3) is 2.12. The maximum Gasteiger partial charge on any atom is 0.243 e. The second-order valence-electron chi connectivity index (χ2n) is 7.26. The van der Waals surface area contributed by atoms with Crippen molar-refractivity contribution in [2.45, 2.75) is 16.7 Å². The molecule has 0 aliphatic carbocycles. The lowest BCUT2D eigenvalue weighted by molar-refractivity contribution is 0.174. The lowest BCUT2D eigenvalue weighted by atomic mass is 9.84. The summed E-state index contributed by atoms with van der Waals surface area (Å²) in [7, 11) is -3.65. The number of hydrogen-bond donors (Lipinski definition) is 0. The van der Waals surface area contributed by atoms with Crippen LogP contribution >= 0.6 is 0 Å². The summed E-state index contributed by atoms with van der Waals surface area (Å²) in [6, 6.07) is 12.9. The van der Waals surface area contributed by atoms with Gasteiger partial charge in [-0.2, -0.15) is 4.31 Å². The van der Waals surface area contributed by atoms with Gasteiger partial charge in [0.25, 0.3) is 0 Å². The maximum atomic E-state index is 13.3. The number of sulfonamides is 1. The van der Waals surface area contributed by atoms with E-state index in [1.807, 2.05) is 18.3 Å². The molecule has 28 heavy (non-hydrogen) atoms. The largest absolute Gasteiger partial charge is 0.454 e. The molecule has 7 nitrogen and oxygen atoms in total. The number of nitrogens with zero attached hydrogens (tertiary/aromatic N) is 3. The number of fused-ring (bicyclic) bond motifs is 7. The number of hydrogen-bond acceptors (Lipinski definition) is 5. The summed E-state index contributed by atoms with van der Waals surface area (Å²) >= 11 is 0. The first kappa shape index (κ1) is 16.1. The Bertz CT molecular complexity index is 1200. The predicted octanol–water partition coefficient (Wildman–Crippen LogP) is 2.49. The van der Waals surface area contributed by atoms with Crippen LogP contribution in [0, 0.1) is 0 Å². The Morgan fingerprint density at radius 3 is 2.75 bits per heavy atom. The van der Waals surface area contributed by atoms with Crippen molar-refractivity contribution in [3.8, 4) is 17.2 Å². The minimum absolute atomic E-state index is 0.0358. The fourth-order valence-corrected chi connectivity index (χ4v) is 6.05. The van der Waals surface area contributed by atoms with Gasteiger partial charge in [0, 0.05) is 43.4 Å². The molecule has 142 valence electrons. The molecular weight excluding hydrogens is 378 g/mol. The van der Waals surface area contributed by atoms with Crippen LogP contribution in [0.5, 0.6) is 11.5 Å². The van der Waals surface area contributed by atoms with E-state index in [4.69, 9.17) is 9.47 Å². The molecule has 1 fully saturated rings. The lowest BCUT2D eigenvalue weighted by Crippen LogP contribution is -2.29. The first-order valence-electron chi connectivity index (χ1n) is 9.15. The third-order valence-electron chi connectivity index (χ3n) is 5.86. The van der Waals surface area contributed by atoms with Crippen LogP contribution in [-0.2, 0) is 10.0 Å². The van der Waals surface area contributed by atoms with E-state index in [-0.39, 0.29) is 23.5 Å². The molecule has 1 aromatic heterocycles. The minimum atomic E-state index is -3.65. The summed E-state index contributed by atoms with van der Waals surface area (Å²) in [6.07, 6.45) is 3.73. The number of rotatable bonds is 2. The zero-order chi connectivity index (χ0) is 18.9. The summed E-state index contributed by atoms with van der Waals surface area (Å²) in [6.45, 7) is 0.963. The van der Waals surface area contributed by atoms with Crippen molar-refractivity contribution in [3.05, 3.63) is 66.2 Å². The Labute approximate surface area is 162 Å². The molecule has 2 atom stereocenters. The summed E-state index contributed by atoms with van der Waals surface area (Å²) < 4.78 is 41.0. The summed E-state index contributed by atoms with van der Waals surface area (Å²) in [5, 5.41) is 0. The zero-order valence-electron chi connectivity index (χ0n) is 14.9. The summed E-state index contributed by atoms with van der Waals surface area (Å²) in [4.78, 5) is 4.77. The zero-order valence-corrected chi connectivity index (χ0v) is 15.7. The predicted molar refractivity (Wildman–Crippen MR) is 100 cm³/mol. The molecule has 0 radical (unpaired) electrons. The Kier molecular flexibility index (Phi) is 3.22. The standard InChI is InChI=1S/C20H17N3O4S/c24-28(25,13-5-6-18-19(9-13)27-12-26-18)22-10-15-14-3-1-2-4-17(14)23-8-7-21-20(23)16(15)11-22/h1-9,15-16H,10-12H2/t15-,16-/m0/s1. The molecule has 3 aliphatic heterocycles. The molecule has 0 bridgehead atoms. The van der Waals surface area contributed by atoms with E-state index in [1.165, 1.54) is 5.56 Å². The highest BCUT2D eigenvalue weighted by molar-refractivity contribution is 7.89. The monoisotopic (exact) mass is 395 g/mol. The molecule has 3 aromatic rings. The van der Waals surface area contributed by atoms with Gasteiger partial charge < -0.3 is 14.0 Å². The van der Waals surface area contributed by atoms with E-state index >= 15 is 0 Å². The van der Waals surface area contributed by atoms with Crippen LogP contribution < -0.4 is 9.47 Å². The highest BCUT2D eigenvalue weighted by atomic mass is 32.2. The molecule has 0 N–H and O–H groups in total. The molecule has 0 amide bonds. The fraction of sp³-hybridized carbons (Fsp3) is 0.250. The lowest BCUT2D eigenvalue weighted by Gasteiger charge is -2.28. The van der Waals surface area contributed by atoms with Gasteiger partial charge in [0.15, 0.2) is 11.5 Å². The second kappa shape index (κ2) is 5.59. The molecule has 0 unspecified atom stereocenters. The van der Waals surface area contributed by atoms with E-state index in [0.29, 0.717) is 24.6 Å². The second-order valence-corrected chi connectivity index (χ2v) is 9.20. The van der Waals surface area contributed by atoms with Crippen molar-refractivity contribution in [2.75, 3.05) is 19.9 Å². The van der Waals surface area contributed by atoms with E-state index in [0.717, 1.165) is 11.5 Å². The molecule has 6 rings (SSSR count). The van der Waals surface area contributed by atoms with Gasteiger partial charge in [0.2, 0.25) is 16.8 Å². The Morgan fingerprint density at radius 2 is 1.82 bits per heavy atom. The Morgan fingerprint density at radius 1 is 1.00 bits per heavy atom. The molecule has 4 heterocycles. The van der Waals surface area contributed by atoms with Crippen LogP contribution in [-0.4, -0.2) is 42.2 Å². The highest BCUT2D eigenvalue weighted by Crippen LogP contribution is 2.47. The van der Waals surface area contributed by atoms with Crippen molar-refractivity contribution >= 4 is 10.0 Å². The van der Waals surface area contributed by atoms with E-state index in [9.17, 15) is 8.42 Å². The van der Waals surface area contributed by atoms with Gasteiger partial charge in [-0.05, 0) is 23.8 Å². The van der Waals surface area contributed by atoms with Crippen molar-refractivity contribution in [2.24, 2.45) is 0 Å². The molecule has 2 aromatic carbocycles. The quantitative estimate of drug-likeness (QED) is 0.667. The number of imidazole rings is 1. The van der Waals surface area contributed by atoms with Gasteiger partial charge in [0.1, 0.15) is 5.82 Å². The topological polar surface area (TPSA) is 73.7 Å². The number of para-hydroxylation sites is 1. The van der Waals surface area contributed by atoms with Gasteiger partial charge in [-0.1, -0.05) is 18.2 Å². The smallest absolute Gasteiger partial charge is 0.243 e. The van der Waals surface area contributed by atoms with Crippen molar-refractivity contribution in [1.82, 2.24) is 13.9 Å². The van der Waals surface area contributed by atoms with E-state index in [2.05, 4.69) is 21.7 Å². The SMILES string of the molecule is O=S(=O)(c1ccc2c(c1)OCO2)N1C[C@@H]2c3nccn3-c3ccccc3[C@@H]2C1. The van der Waals surface area contributed by atoms with Crippen LogP contribution in [0.4, 0.5) is 0 Å². The van der Waals surface area contributed by atoms with E-state index < -0.39 is 10.0 Å². The van der Waals surface area contributed by atoms with Crippen molar-refractivity contribution < 1.29 is 17.9 Å². The Hall–Kier alpha value is -2.84. The number of benzene rings is 2. The van der Waals surface area contributed by atoms with Gasteiger partial charge in [-0.15, -0.1) is 0 Å². The fourth-order valence-electron chi connectivity index (χ4n) is 4.54. The van der Waals surface area contributed by atoms with Crippen LogP contribution in [0.15, 0.2) is 59.8 Å². The van der Waals surface area contributed by atoms with Gasteiger partial charge in [-0.25, -0.2) is 13.4 Å². The van der Waals surface area contributed by atoms with Gasteiger partial charge >= 0.3 is 0 Å². The van der Waals surface area contributed by atoms with E-state index in [1.54, 1.807) is 28.7 Å². The van der Waals surface area contributed by atoms with Gasteiger partial charge in [0.05, 0.1) is 10.6 Å². The van der Waals surface area contributed by atoms with Gasteiger partial charge in [-0.3, -0.25) is 0 Å².